The summed E-state index contributed by atoms with van der Waals surface area (Å²) in [6, 6.07) is 6.04. The van der Waals surface area contributed by atoms with Gasteiger partial charge >= 0.3 is 0 Å². The van der Waals surface area contributed by atoms with Crippen molar-refractivity contribution < 1.29 is 9.18 Å². The number of hydrogen-bond donors (Lipinski definition) is 0. The summed E-state index contributed by atoms with van der Waals surface area (Å²) in [6.07, 6.45) is 0.601. The van der Waals surface area contributed by atoms with Gasteiger partial charge in [-0.15, -0.1) is 0 Å². The van der Waals surface area contributed by atoms with Gasteiger partial charge in [-0.3, -0.25) is 4.79 Å². The van der Waals surface area contributed by atoms with Gasteiger partial charge in [0.25, 0.3) is 0 Å². The maximum atomic E-state index is 13.1. The van der Waals surface area contributed by atoms with Crippen molar-refractivity contribution in [2.24, 2.45) is 0 Å². The molecule has 0 atom stereocenters. The molecule has 0 bridgehead atoms. The molecular weight excluding hydrogens is 275 g/mol. The fraction of sp³-hybridized carbons (Fsp3) is 0.0833. The third-order valence-corrected chi connectivity index (χ3v) is 3.39. The number of rotatable bonds is 3. The van der Waals surface area contributed by atoms with Crippen molar-refractivity contribution in [3.63, 3.8) is 0 Å². The third kappa shape index (κ3) is 2.86. The summed E-state index contributed by atoms with van der Waals surface area (Å²) < 4.78 is 13.1. The highest BCUT2D eigenvalue weighted by molar-refractivity contribution is 7.99. The van der Waals surface area contributed by atoms with Gasteiger partial charge in [0.05, 0.1) is 5.56 Å². The first-order chi connectivity index (χ1) is 8.60. The first-order valence-electron chi connectivity index (χ1n) is 5.03. The van der Waals surface area contributed by atoms with E-state index in [-0.39, 0.29) is 16.5 Å². The van der Waals surface area contributed by atoms with Gasteiger partial charge in [-0.1, -0.05) is 29.4 Å². The molecule has 0 fully saturated rings. The Morgan fingerprint density at radius 2 is 2.17 bits per heavy atom. The van der Waals surface area contributed by atoms with Crippen LogP contribution in [-0.4, -0.2) is 16.3 Å². The second-order valence-electron chi connectivity index (χ2n) is 3.46. The van der Waals surface area contributed by atoms with E-state index in [4.69, 9.17) is 11.6 Å². The molecule has 2 aromatic rings. The zero-order valence-electron chi connectivity index (χ0n) is 9.35. The van der Waals surface area contributed by atoms with E-state index in [0.717, 1.165) is 0 Å². The van der Waals surface area contributed by atoms with Crippen LogP contribution in [0.4, 0.5) is 4.39 Å². The number of hydrogen-bond acceptors (Lipinski definition) is 4. The Morgan fingerprint density at radius 1 is 1.39 bits per heavy atom. The first kappa shape index (κ1) is 13.0. The van der Waals surface area contributed by atoms with E-state index in [1.54, 1.807) is 19.1 Å². The maximum absolute atomic E-state index is 13.1. The molecule has 1 aromatic heterocycles. The van der Waals surface area contributed by atoms with Crippen molar-refractivity contribution in [2.75, 3.05) is 0 Å². The van der Waals surface area contributed by atoms with Gasteiger partial charge < -0.3 is 0 Å². The summed E-state index contributed by atoms with van der Waals surface area (Å²) in [5.74, 6) is 0.119. The monoisotopic (exact) mass is 282 g/mol. The largest absolute Gasteiger partial charge is 0.298 e. The fourth-order valence-corrected chi connectivity index (χ4v) is 2.63. The van der Waals surface area contributed by atoms with Gasteiger partial charge in [0, 0.05) is 4.90 Å². The minimum Gasteiger partial charge on any atom is -0.298 e. The second-order valence-corrected chi connectivity index (χ2v) is 4.88. The van der Waals surface area contributed by atoms with E-state index in [1.165, 1.54) is 23.9 Å². The van der Waals surface area contributed by atoms with Crippen molar-refractivity contribution in [1.29, 1.82) is 0 Å². The minimum absolute atomic E-state index is 0.108. The van der Waals surface area contributed by atoms with Crippen molar-refractivity contribution in [3.8, 4) is 0 Å². The smallest absolute Gasteiger partial charge is 0.155 e. The molecule has 18 heavy (non-hydrogen) atoms. The lowest BCUT2D eigenvalue weighted by Crippen LogP contribution is -1.98. The number of carbonyl (C=O) groups excluding carboxylic acids is 1. The van der Waals surface area contributed by atoms with Crippen molar-refractivity contribution in [3.05, 3.63) is 46.6 Å². The third-order valence-electron chi connectivity index (χ3n) is 2.10. The molecule has 3 nitrogen and oxygen atoms in total. The molecule has 2 rings (SSSR count). The number of benzene rings is 1. The van der Waals surface area contributed by atoms with E-state index >= 15 is 0 Å². The summed E-state index contributed by atoms with van der Waals surface area (Å²) in [5.41, 5.74) is 0.219. The Balaban J connectivity index is 2.42. The lowest BCUT2D eigenvalue weighted by Gasteiger charge is -2.06. The molecule has 1 heterocycles. The summed E-state index contributed by atoms with van der Waals surface area (Å²) in [5, 5.41) is 0.532. The molecule has 0 aliphatic carbocycles. The molecule has 0 saturated carbocycles. The van der Waals surface area contributed by atoms with Gasteiger partial charge in [0.15, 0.2) is 6.29 Å². The van der Waals surface area contributed by atoms with Gasteiger partial charge in [0.2, 0.25) is 0 Å². The van der Waals surface area contributed by atoms with Crippen LogP contribution in [0.5, 0.6) is 0 Å². The van der Waals surface area contributed by atoms with E-state index in [2.05, 4.69) is 9.97 Å². The van der Waals surface area contributed by atoms with Gasteiger partial charge in [-0.2, -0.15) is 0 Å². The van der Waals surface area contributed by atoms with Crippen LogP contribution in [0.1, 0.15) is 16.2 Å². The molecule has 0 radical (unpaired) electrons. The quantitative estimate of drug-likeness (QED) is 0.638. The standard InChI is InChI=1S/C12H8ClFN2OS/c1-7-15-11(13)10(6-17)12(16-7)18-9-4-2-3-8(14)5-9/h2-6H,1H3. The lowest BCUT2D eigenvalue weighted by atomic mass is 10.3. The zero-order valence-corrected chi connectivity index (χ0v) is 10.9. The molecule has 92 valence electrons. The Hall–Kier alpha value is -1.46. The molecule has 1 aromatic carbocycles. The minimum atomic E-state index is -0.343. The maximum Gasteiger partial charge on any atom is 0.155 e. The second kappa shape index (κ2) is 5.46. The summed E-state index contributed by atoms with van der Waals surface area (Å²) in [7, 11) is 0. The van der Waals surface area contributed by atoms with Gasteiger partial charge in [0.1, 0.15) is 21.8 Å². The highest BCUT2D eigenvalue weighted by atomic mass is 35.5. The van der Waals surface area contributed by atoms with Crippen molar-refractivity contribution in [1.82, 2.24) is 9.97 Å². The fourth-order valence-electron chi connectivity index (χ4n) is 1.34. The average molecular weight is 283 g/mol. The number of aldehydes is 1. The van der Waals surface area contributed by atoms with Crippen molar-refractivity contribution in [2.45, 2.75) is 16.8 Å². The van der Waals surface area contributed by atoms with Crippen LogP contribution in [0, 0.1) is 12.7 Å². The van der Waals surface area contributed by atoms with E-state index in [0.29, 0.717) is 22.0 Å². The molecule has 0 spiro atoms. The number of aromatic nitrogens is 2. The Labute approximate surface area is 112 Å². The lowest BCUT2D eigenvalue weighted by molar-refractivity contribution is 0.112. The summed E-state index contributed by atoms with van der Waals surface area (Å²) in [4.78, 5) is 19.7. The topological polar surface area (TPSA) is 42.9 Å². The van der Waals surface area contributed by atoms with E-state index < -0.39 is 0 Å². The van der Waals surface area contributed by atoms with Crippen LogP contribution >= 0.6 is 23.4 Å². The molecule has 0 N–H and O–H groups in total. The molecular formula is C12H8ClFN2OS. The van der Waals surface area contributed by atoms with Gasteiger partial charge in [-0.25, -0.2) is 14.4 Å². The van der Waals surface area contributed by atoms with Gasteiger partial charge in [-0.05, 0) is 25.1 Å². The Bertz CT molecular complexity index is 607. The number of halogens is 2. The normalized spacial score (nSPS) is 10.4. The van der Waals surface area contributed by atoms with Crippen LogP contribution in [-0.2, 0) is 0 Å². The molecule has 0 saturated heterocycles. The summed E-state index contributed by atoms with van der Waals surface area (Å²) in [6.45, 7) is 1.68. The summed E-state index contributed by atoms with van der Waals surface area (Å²) >= 11 is 7.04. The number of nitrogens with zero attached hydrogens (tertiary/aromatic N) is 2. The highest BCUT2D eigenvalue weighted by Crippen LogP contribution is 2.30. The van der Waals surface area contributed by atoms with Crippen LogP contribution in [0.2, 0.25) is 5.15 Å². The first-order valence-corrected chi connectivity index (χ1v) is 6.22. The molecule has 0 unspecified atom stereocenters. The molecule has 0 aliphatic rings. The van der Waals surface area contributed by atoms with Crippen LogP contribution in [0.25, 0.3) is 0 Å². The Morgan fingerprint density at radius 3 is 2.83 bits per heavy atom. The van der Waals surface area contributed by atoms with Crippen molar-refractivity contribution >= 4 is 29.6 Å². The predicted octanol–water partition coefficient (Wildman–Crippen LogP) is 3.54. The Kier molecular flexibility index (Phi) is 3.93. The van der Waals surface area contributed by atoms with Crippen LogP contribution in [0.15, 0.2) is 34.2 Å². The highest BCUT2D eigenvalue weighted by Gasteiger charge is 2.12. The average Bonchev–Trinajstić information content (AvgIpc) is 2.28. The molecule has 0 aliphatic heterocycles. The van der Waals surface area contributed by atoms with E-state index in [1.807, 2.05) is 0 Å². The SMILES string of the molecule is Cc1nc(Cl)c(C=O)c(Sc2cccc(F)c2)n1. The predicted molar refractivity (Wildman–Crippen MR) is 67.7 cm³/mol. The number of aryl methyl sites for hydroxylation is 1. The zero-order chi connectivity index (χ0) is 13.1. The number of carbonyl (C=O) groups is 1. The molecule has 6 heteroatoms. The van der Waals surface area contributed by atoms with Crippen LogP contribution < -0.4 is 0 Å². The van der Waals surface area contributed by atoms with Crippen LogP contribution in [0.3, 0.4) is 0 Å². The van der Waals surface area contributed by atoms with E-state index in [9.17, 15) is 9.18 Å². The molecule has 0 amide bonds.